The molecule has 2 rings (SSSR count). The number of nitrogens with one attached hydrogen (secondary N) is 2. The van der Waals surface area contributed by atoms with Crippen molar-refractivity contribution in [1.29, 1.82) is 0 Å². The quantitative estimate of drug-likeness (QED) is 0.621. The lowest BCUT2D eigenvalue weighted by atomic mass is 10.2. The first-order chi connectivity index (χ1) is 9.65. The molecule has 1 heterocycles. The zero-order chi connectivity index (χ0) is 14.4. The van der Waals surface area contributed by atoms with E-state index in [1.807, 2.05) is 30.5 Å². The molecule has 1 aromatic carbocycles. The molecule has 0 spiro atoms. The summed E-state index contributed by atoms with van der Waals surface area (Å²) in [6, 6.07) is 12.9. The van der Waals surface area contributed by atoms with Crippen LogP contribution in [0.2, 0.25) is 0 Å². The molecule has 0 aliphatic carbocycles. The molecule has 0 radical (unpaired) electrons. The molecule has 2 aromatic rings. The molecule has 20 heavy (non-hydrogen) atoms. The van der Waals surface area contributed by atoms with Crippen LogP contribution >= 0.6 is 0 Å². The molecule has 0 aliphatic rings. The van der Waals surface area contributed by atoms with E-state index in [1.54, 1.807) is 12.1 Å². The van der Waals surface area contributed by atoms with Gasteiger partial charge in [0.15, 0.2) is 11.9 Å². The Bertz CT molecular complexity index is 555. The topological polar surface area (TPSA) is 61.7 Å². The standard InChI is InChI=1S/C15H17N3O2/c1-17(11-9-14-4-2-3-10-16-14)12-13-5-7-15(8-6-13)18(19)20/h2-8,10H,9,11-12H2,1H3/p+2. The summed E-state index contributed by atoms with van der Waals surface area (Å²) in [5.74, 6) is 0. The number of aromatic amines is 1. The molecule has 0 fully saturated rings. The largest absolute Gasteiger partial charge is 0.333 e. The Hall–Kier alpha value is -2.27. The third-order valence-corrected chi connectivity index (χ3v) is 3.25. The first-order valence-electron chi connectivity index (χ1n) is 6.65. The van der Waals surface area contributed by atoms with Crippen molar-refractivity contribution in [2.45, 2.75) is 13.0 Å². The second-order valence-corrected chi connectivity index (χ2v) is 4.95. The minimum Gasteiger partial charge on any atom is -0.333 e. The summed E-state index contributed by atoms with van der Waals surface area (Å²) in [6.45, 7) is 1.88. The van der Waals surface area contributed by atoms with Gasteiger partial charge in [-0.25, -0.2) is 4.98 Å². The van der Waals surface area contributed by atoms with Crippen molar-refractivity contribution in [3.63, 3.8) is 0 Å². The number of H-pyrrole nitrogens is 1. The summed E-state index contributed by atoms with van der Waals surface area (Å²) in [7, 11) is 2.13. The summed E-state index contributed by atoms with van der Waals surface area (Å²) in [5.41, 5.74) is 2.48. The fraction of sp³-hybridized carbons (Fsp3) is 0.267. The first-order valence-corrected chi connectivity index (χ1v) is 6.65. The molecule has 0 saturated carbocycles. The van der Waals surface area contributed by atoms with Crippen molar-refractivity contribution in [3.8, 4) is 0 Å². The van der Waals surface area contributed by atoms with E-state index < -0.39 is 0 Å². The van der Waals surface area contributed by atoms with E-state index in [2.05, 4.69) is 18.1 Å². The number of hydrogen-bond acceptors (Lipinski definition) is 2. The first kappa shape index (κ1) is 14.1. The van der Waals surface area contributed by atoms with Crippen molar-refractivity contribution in [2.75, 3.05) is 13.6 Å². The van der Waals surface area contributed by atoms with E-state index in [0.29, 0.717) is 0 Å². The van der Waals surface area contributed by atoms with Gasteiger partial charge in [-0.1, -0.05) is 6.07 Å². The molecule has 104 valence electrons. The molecule has 0 saturated heterocycles. The van der Waals surface area contributed by atoms with Crippen LogP contribution < -0.4 is 9.88 Å². The van der Waals surface area contributed by atoms with Crippen LogP contribution in [-0.2, 0) is 13.0 Å². The van der Waals surface area contributed by atoms with Gasteiger partial charge in [0.1, 0.15) is 6.54 Å². The summed E-state index contributed by atoms with van der Waals surface area (Å²) >= 11 is 0. The number of rotatable bonds is 6. The van der Waals surface area contributed by atoms with Crippen LogP contribution in [0.4, 0.5) is 5.69 Å². The van der Waals surface area contributed by atoms with Crippen molar-refractivity contribution in [1.82, 2.24) is 0 Å². The average Bonchev–Trinajstić information content (AvgIpc) is 2.47. The predicted molar refractivity (Wildman–Crippen MR) is 75.3 cm³/mol. The normalized spacial score (nSPS) is 12.1. The minimum atomic E-state index is -0.369. The number of nitrogens with zero attached hydrogens (tertiary/aromatic N) is 1. The molecule has 1 unspecified atom stereocenters. The van der Waals surface area contributed by atoms with Gasteiger partial charge in [-0.2, -0.15) is 0 Å². The van der Waals surface area contributed by atoms with E-state index in [9.17, 15) is 10.1 Å². The fourth-order valence-corrected chi connectivity index (χ4v) is 2.11. The summed E-state index contributed by atoms with van der Waals surface area (Å²) in [4.78, 5) is 14.8. The number of pyridine rings is 1. The van der Waals surface area contributed by atoms with Crippen LogP contribution in [-0.4, -0.2) is 18.5 Å². The van der Waals surface area contributed by atoms with Gasteiger partial charge in [-0.05, 0) is 12.1 Å². The van der Waals surface area contributed by atoms with E-state index in [1.165, 1.54) is 10.6 Å². The van der Waals surface area contributed by atoms with Crippen LogP contribution in [0.15, 0.2) is 48.7 Å². The Morgan fingerprint density at radius 2 is 1.95 bits per heavy atom. The number of aromatic nitrogens is 1. The number of nitro groups is 1. The third kappa shape index (κ3) is 4.13. The lowest BCUT2D eigenvalue weighted by Crippen LogP contribution is -3.07. The van der Waals surface area contributed by atoms with Crippen molar-refractivity contribution in [2.24, 2.45) is 0 Å². The number of hydrogen-bond donors (Lipinski definition) is 1. The highest BCUT2D eigenvalue weighted by atomic mass is 16.6. The van der Waals surface area contributed by atoms with Gasteiger partial charge in [0.05, 0.1) is 24.9 Å². The van der Waals surface area contributed by atoms with Crippen LogP contribution in [0.1, 0.15) is 11.3 Å². The van der Waals surface area contributed by atoms with Gasteiger partial charge in [0.2, 0.25) is 0 Å². The highest BCUT2D eigenvalue weighted by Crippen LogP contribution is 2.10. The lowest BCUT2D eigenvalue weighted by Gasteiger charge is -2.12. The molecule has 5 nitrogen and oxygen atoms in total. The maximum absolute atomic E-state index is 10.6. The van der Waals surface area contributed by atoms with Gasteiger partial charge in [0, 0.05) is 29.8 Å². The Kier molecular flexibility index (Phi) is 4.79. The highest BCUT2D eigenvalue weighted by Gasteiger charge is 2.09. The number of non-ortho nitro benzene ring substituents is 1. The lowest BCUT2D eigenvalue weighted by molar-refractivity contribution is -0.893. The number of benzene rings is 1. The maximum Gasteiger partial charge on any atom is 0.269 e. The van der Waals surface area contributed by atoms with E-state index >= 15 is 0 Å². The number of quaternary nitrogens is 1. The van der Waals surface area contributed by atoms with Crippen molar-refractivity contribution < 1.29 is 14.8 Å². The SMILES string of the molecule is C[NH+](CCc1cccc[nH+]1)Cc1ccc([N+](=O)[O-])cc1. The van der Waals surface area contributed by atoms with Crippen LogP contribution in [0.25, 0.3) is 0 Å². The zero-order valence-corrected chi connectivity index (χ0v) is 11.5. The maximum atomic E-state index is 10.6. The zero-order valence-electron chi connectivity index (χ0n) is 11.5. The third-order valence-electron chi connectivity index (χ3n) is 3.25. The molecule has 0 aliphatic heterocycles. The molecular formula is C15H19N3O2+2. The molecular weight excluding hydrogens is 254 g/mol. The van der Waals surface area contributed by atoms with E-state index in [0.717, 1.165) is 25.1 Å². The Morgan fingerprint density at radius 1 is 1.20 bits per heavy atom. The second kappa shape index (κ2) is 6.77. The minimum absolute atomic E-state index is 0.144. The van der Waals surface area contributed by atoms with Crippen LogP contribution in [0.5, 0.6) is 0 Å². The Morgan fingerprint density at radius 3 is 2.55 bits per heavy atom. The molecule has 5 heteroatoms. The van der Waals surface area contributed by atoms with Gasteiger partial charge < -0.3 is 4.90 Å². The number of likely N-dealkylation sites (N-methyl/N-ethyl adjacent to an activating group) is 1. The molecule has 0 amide bonds. The van der Waals surface area contributed by atoms with Crippen LogP contribution in [0, 0.1) is 10.1 Å². The average molecular weight is 273 g/mol. The van der Waals surface area contributed by atoms with Crippen molar-refractivity contribution in [3.05, 3.63) is 70.0 Å². The predicted octanol–water partition coefficient (Wildman–Crippen LogP) is 0.666. The van der Waals surface area contributed by atoms with Gasteiger partial charge in [0.25, 0.3) is 5.69 Å². The van der Waals surface area contributed by atoms with Crippen LogP contribution in [0.3, 0.4) is 0 Å². The molecule has 1 atom stereocenters. The smallest absolute Gasteiger partial charge is 0.269 e. The van der Waals surface area contributed by atoms with Crippen molar-refractivity contribution >= 4 is 5.69 Å². The Labute approximate surface area is 118 Å². The molecule has 1 aromatic heterocycles. The van der Waals surface area contributed by atoms with Gasteiger partial charge in [-0.15, -0.1) is 0 Å². The fourth-order valence-electron chi connectivity index (χ4n) is 2.11. The Balaban J connectivity index is 1.85. The summed E-state index contributed by atoms with van der Waals surface area (Å²) in [5, 5.41) is 10.6. The molecule has 2 N–H and O–H groups in total. The number of nitro benzene ring substituents is 1. The molecule has 0 bridgehead atoms. The summed E-state index contributed by atoms with van der Waals surface area (Å²) in [6.07, 6.45) is 2.92. The van der Waals surface area contributed by atoms with Gasteiger partial charge in [-0.3, -0.25) is 10.1 Å². The second-order valence-electron chi connectivity index (χ2n) is 4.95. The highest BCUT2D eigenvalue weighted by molar-refractivity contribution is 5.32. The monoisotopic (exact) mass is 273 g/mol. The van der Waals surface area contributed by atoms with E-state index in [-0.39, 0.29) is 10.6 Å². The summed E-state index contributed by atoms with van der Waals surface area (Å²) < 4.78 is 0. The van der Waals surface area contributed by atoms with E-state index in [4.69, 9.17) is 0 Å². The van der Waals surface area contributed by atoms with Gasteiger partial charge >= 0.3 is 0 Å².